The molecule has 0 N–H and O–H groups in total. The van der Waals surface area contributed by atoms with Crippen LogP contribution < -0.4 is 34.7 Å². The summed E-state index contributed by atoms with van der Waals surface area (Å²) in [5, 5.41) is 10.9. The van der Waals surface area contributed by atoms with Gasteiger partial charge in [0.1, 0.15) is 0 Å². The first kappa shape index (κ1) is 36.6. The third-order valence-electron chi connectivity index (χ3n) is 6.83. The van der Waals surface area contributed by atoms with Gasteiger partial charge in [-0.25, -0.2) is 0 Å². The summed E-state index contributed by atoms with van der Waals surface area (Å²) in [4.78, 5) is 10.9. The van der Waals surface area contributed by atoms with Crippen molar-refractivity contribution < 1.29 is 39.5 Å². The number of hydrogen-bond donors (Lipinski definition) is 0. The van der Waals surface area contributed by atoms with Gasteiger partial charge in [-0.1, -0.05) is 103 Å². The third kappa shape index (κ3) is 21.2. The number of hydrogen-bond acceptors (Lipinski definition) is 2. The molecule has 3 heteroatoms. The van der Waals surface area contributed by atoms with E-state index in [2.05, 4.69) is 85.4 Å². The van der Waals surface area contributed by atoms with Crippen LogP contribution in [0.2, 0.25) is 0 Å². The molecule has 7 atom stereocenters. The topological polar surface area (TPSA) is 40.1 Å². The van der Waals surface area contributed by atoms with Crippen molar-refractivity contribution in [3.63, 3.8) is 0 Å². The van der Waals surface area contributed by atoms with Gasteiger partial charge in [0.2, 0.25) is 0 Å². The van der Waals surface area contributed by atoms with Crippen LogP contribution in [0.15, 0.2) is 48.6 Å². The van der Waals surface area contributed by atoms with E-state index in [9.17, 15) is 9.90 Å². The Morgan fingerprint density at radius 2 is 1.46 bits per heavy atom. The Labute approximate surface area is 241 Å². The average Bonchev–Trinajstić information content (AvgIpc) is 2.70. The maximum atomic E-state index is 10.9. The molecule has 0 aromatic carbocycles. The van der Waals surface area contributed by atoms with Crippen molar-refractivity contribution in [3.8, 4) is 0 Å². The molecule has 0 aliphatic heterocycles. The standard InChI is InChI=1S/C32H56O2.Na/c1-10-11-15-24(2)18-27(5)20-29(7)22-30(8)21-28(6)19-25(3)16-13-12-14-17-26(4)23-31(9)32(33)34;/h10-11,13,15-16,21,24-29,31H,1,12,14,17-20,22-23H2,2-9H3,(H,33,34);/q;+1/p-1. The zero-order valence-corrected chi connectivity index (χ0v) is 26.7. The molecular weight excluding hydrogens is 439 g/mol. The Bertz CT molecular complexity index is 648. The molecule has 0 spiro atoms. The number of carbonyl (C=O) groups is 1. The molecule has 0 fully saturated rings. The quantitative estimate of drug-likeness (QED) is 0.102. The molecule has 0 bridgehead atoms. The van der Waals surface area contributed by atoms with Gasteiger partial charge in [0.05, 0.1) is 0 Å². The minimum atomic E-state index is -0.926. The van der Waals surface area contributed by atoms with E-state index in [0.29, 0.717) is 23.7 Å². The Morgan fingerprint density at radius 1 is 0.829 bits per heavy atom. The molecule has 0 amide bonds. The predicted octanol–water partition coefficient (Wildman–Crippen LogP) is 5.56. The summed E-state index contributed by atoms with van der Waals surface area (Å²) < 4.78 is 0. The van der Waals surface area contributed by atoms with Gasteiger partial charge in [0.25, 0.3) is 0 Å². The van der Waals surface area contributed by atoms with Gasteiger partial charge in [0, 0.05) is 5.97 Å². The fraction of sp³-hybridized carbons (Fsp3) is 0.719. The van der Waals surface area contributed by atoms with Crippen molar-refractivity contribution >= 4 is 5.97 Å². The van der Waals surface area contributed by atoms with Crippen LogP contribution in [0, 0.1) is 41.4 Å². The van der Waals surface area contributed by atoms with E-state index in [1.54, 1.807) is 6.92 Å². The van der Waals surface area contributed by atoms with E-state index >= 15 is 0 Å². The molecule has 35 heavy (non-hydrogen) atoms. The van der Waals surface area contributed by atoms with Crippen LogP contribution in [0.5, 0.6) is 0 Å². The van der Waals surface area contributed by atoms with Crippen molar-refractivity contribution in [3.05, 3.63) is 48.6 Å². The zero-order chi connectivity index (χ0) is 26.1. The number of carboxylic acid groups (broad SMARTS) is 1. The normalized spacial score (nSPS) is 18.5. The summed E-state index contributed by atoms with van der Waals surface area (Å²) >= 11 is 0. The fourth-order valence-electron chi connectivity index (χ4n) is 5.41. The number of aliphatic carboxylic acids is 1. The first-order valence-corrected chi connectivity index (χ1v) is 13.8. The minimum Gasteiger partial charge on any atom is -0.550 e. The first-order chi connectivity index (χ1) is 15.9. The Kier molecular flexibility index (Phi) is 22.5. The van der Waals surface area contributed by atoms with Crippen LogP contribution in [-0.4, -0.2) is 5.97 Å². The average molecular weight is 495 g/mol. The van der Waals surface area contributed by atoms with Crippen molar-refractivity contribution in [2.75, 3.05) is 0 Å². The van der Waals surface area contributed by atoms with E-state index in [4.69, 9.17) is 0 Å². The van der Waals surface area contributed by atoms with E-state index in [1.807, 2.05) is 6.08 Å². The van der Waals surface area contributed by atoms with Crippen LogP contribution in [0.1, 0.15) is 107 Å². The number of allylic oxidation sites excluding steroid dienone is 7. The van der Waals surface area contributed by atoms with E-state index in [0.717, 1.165) is 37.5 Å². The fourth-order valence-corrected chi connectivity index (χ4v) is 5.41. The molecule has 0 heterocycles. The summed E-state index contributed by atoms with van der Waals surface area (Å²) in [5.74, 6) is 2.44. The molecule has 0 aliphatic carbocycles. The van der Waals surface area contributed by atoms with Crippen LogP contribution in [0.25, 0.3) is 0 Å². The van der Waals surface area contributed by atoms with E-state index < -0.39 is 5.97 Å². The Hall–Kier alpha value is -0.570. The molecule has 7 unspecified atom stereocenters. The molecule has 0 aromatic heterocycles. The van der Waals surface area contributed by atoms with Crippen molar-refractivity contribution in [2.24, 2.45) is 41.4 Å². The summed E-state index contributed by atoms with van der Waals surface area (Å²) in [6.45, 7) is 21.7. The van der Waals surface area contributed by atoms with Crippen LogP contribution >= 0.6 is 0 Å². The van der Waals surface area contributed by atoms with Gasteiger partial charge < -0.3 is 9.90 Å². The molecule has 196 valence electrons. The van der Waals surface area contributed by atoms with Gasteiger partial charge in [0.15, 0.2) is 0 Å². The smallest absolute Gasteiger partial charge is 0.550 e. The summed E-state index contributed by atoms with van der Waals surface area (Å²) in [7, 11) is 0. The molecule has 0 aliphatic rings. The number of rotatable bonds is 19. The van der Waals surface area contributed by atoms with Gasteiger partial charge >= 0.3 is 29.6 Å². The second-order valence-corrected chi connectivity index (χ2v) is 11.6. The monoisotopic (exact) mass is 494 g/mol. The Balaban J connectivity index is 0. The maximum Gasteiger partial charge on any atom is 1.00 e. The second kappa shape index (κ2) is 21.5. The van der Waals surface area contributed by atoms with E-state index in [1.165, 1.54) is 31.3 Å². The van der Waals surface area contributed by atoms with Crippen molar-refractivity contribution in [1.82, 2.24) is 0 Å². The molecule has 0 radical (unpaired) electrons. The molecular formula is C32H55NaO2. The molecule has 0 rings (SSSR count). The van der Waals surface area contributed by atoms with Crippen LogP contribution in [-0.2, 0) is 4.79 Å². The van der Waals surface area contributed by atoms with Crippen molar-refractivity contribution in [2.45, 2.75) is 107 Å². The molecule has 2 nitrogen and oxygen atoms in total. The SMILES string of the molecule is C=CC=CC(C)CC(C)CC(C)CC(C)=CC(C)CC(C)C=CCCCC(C)CC(C)C(=O)[O-].[Na+]. The van der Waals surface area contributed by atoms with Gasteiger partial charge in [-0.3, -0.25) is 0 Å². The number of unbranched alkanes of at least 4 members (excludes halogenated alkanes) is 1. The predicted molar refractivity (Wildman–Crippen MR) is 148 cm³/mol. The largest absolute Gasteiger partial charge is 1.00 e. The van der Waals surface area contributed by atoms with Crippen LogP contribution in [0.4, 0.5) is 0 Å². The van der Waals surface area contributed by atoms with E-state index in [-0.39, 0.29) is 35.5 Å². The summed E-state index contributed by atoms with van der Waals surface area (Å²) in [5.41, 5.74) is 1.53. The number of carboxylic acids is 1. The van der Waals surface area contributed by atoms with Gasteiger partial charge in [-0.15, -0.1) is 0 Å². The summed E-state index contributed by atoms with van der Waals surface area (Å²) in [6, 6.07) is 0. The maximum absolute atomic E-state index is 10.9. The minimum absolute atomic E-state index is 0. The Morgan fingerprint density at radius 3 is 2.06 bits per heavy atom. The third-order valence-corrected chi connectivity index (χ3v) is 6.83. The molecule has 0 saturated carbocycles. The second-order valence-electron chi connectivity index (χ2n) is 11.6. The van der Waals surface area contributed by atoms with Gasteiger partial charge in [-0.05, 0) is 93.3 Å². The number of carbonyl (C=O) groups excluding carboxylic acids is 1. The molecule has 0 saturated heterocycles. The zero-order valence-electron chi connectivity index (χ0n) is 24.7. The first-order valence-electron chi connectivity index (χ1n) is 13.8. The van der Waals surface area contributed by atoms with Crippen molar-refractivity contribution in [1.29, 1.82) is 0 Å². The molecule has 0 aromatic rings. The summed E-state index contributed by atoms with van der Waals surface area (Å²) in [6.07, 6.45) is 22.3. The van der Waals surface area contributed by atoms with Crippen LogP contribution in [0.3, 0.4) is 0 Å². The van der Waals surface area contributed by atoms with Gasteiger partial charge in [-0.2, -0.15) is 0 Å².